The first-order valence-corrected chi connectivity index (χ1v) is 8.31. The van der Waals surface area contributed by atoms with E-state index in [2.05, 4.69) is 15.9 Å². The van der Waals surface area contributed by atoms with E-state index in [4.69, 9.17) is 0 Å². The van der Waals surface area contributed by atoms with Crippen LogP contribution in [0.3, 0.4) is 0 Å². The van der Waals surface area contributed by atoms with E-state index < -0.39 is 15.1 Å². The van der Waals surface area contributed by atoms with E-state index in [1.165, 1.54) is 12.1 Å². The van der Waals surface area contributed by atoms with Crippen molar-refractivity contribution in [1.29, 1.82) is 5.26 Å². The molecule has 0 aliphatic rings. The van der Waals surface area contributed by atoms with Gasteiger partial charge in [-0.3, -0.25) is 0 Å². The summed E-state index contributed by atoms with van der Waals surface area (Å²) in [5.41, 5.74) is 0.804. The van der Waals surface area contributed by atoms with Crippen LogP contribution in [0.2, 0.25) is 0 Å². The molecule has 5 heteroatoms. The van der Waals surface area contributed by atoms with Gasteiger partial charge < -0.3 is 0 Å². The van der Waals surface area contributed by atoms with E-state index in [0.29, 0.717) is 0 Å². The zero-order valence-electron chi connectivity index (χ0n) is 10.5. The van der Waals surface area contributed by atoms with Crippen molar-refractivity contribution < 1.29 is 8.42 Å². The predicted octanol–water partition coefficient (Wildman–Crippen LogP) is 3.36. The molecule has 0 saturated carbocycles. The van der Waals surface area contributed by atoms with Gasteiger partial charge in [0.25, 0.3) is 0 Å². The van der Waals surface area contributed by atoms with Gasteiger partial charge in [-0.05, 0) is 23.8 Å². The summed E-state index contributed by atoms with van der Waals surface area (Å²) in [6.45, 7) is 0. The number of halogens is 1. The van der Waals surface area contributed by atoms with Crippen LogP contribution in [0.5, 0.6) is 0 Å². The van der Waals surface area contributed by atoms with Gasteiger partial charge in [0.05, 0.1) is 11.0 Å². The van der Waals surface area contributed by atoms with Crippen molar-refractivity contribution in [2.75, 3.05) is 0 Å². The Labute approximate surface area is 126 Å². The predicted molar refractivity (Wildman–Crippen MR) is 80.9 cm³/mol. The Bertz CT molecular complexity index is 736. The zero-order chi connectivity index (χ0) is 14.6. The van der Waals surface area contributed by atoms with E-state index in [0.717, 1.165) is 10.0 Å². The molecule has 0 amide bonds. The normalized spacial score (nSPS) is 12.6. The summed E-state index contributed by atoms with van der Waals surface area (Å²) in [4.78, 5) is 0.179. The van der Waals surface area contributed by atoms with E-state index in [1.807, 2.05) is 30.3 Å². The number of hydrogen-bond donors (Lipinski definition) is 0. The van der Waals surface area contributed by atoms with E-state index in [-0.39, 0.29) is 11.3 Å². The fourth-order valence-corrected chi connectivity index (χ4v) is 3.71. The minimum Gasteiger partial charge on any atom is -0.222 e. The molecule has 2 aromatic rings. The molecule has 0 fully saturated rings. The fourth-order valence-electron chi connectivity index (χ4n) is 1.86. The molecular weight excluding hydrogens is 338 g/mol. The summed E-state index contributed by atoms with van der Waals surface area (Å²) in [6.07, 6.45) is 0.162. The Morgan fingerprint density at radius 1 is 1.05 bits per heavy atom. The van der Waals surface area contributed by atoms with Gasteiger partial charge in [-0.25, -0.2) is 8.42 Å². The van der Waals surface area contributed by atoms with Crippen molar-refractivity contribution in [3.63, 3.8) is 0 Å². The van der Waals surface area contributed by atoms with Crippen LogP contribution >= 0.6 is 15.9 Å². The molecule has 3 nitrogen and oxygen atoms in total. The van der Waals surface area contributed by atoms with Crippen LogP contribution in [0.15, 0.2) is 64.0 Å². The van der Waals surface area contributed by atoms with Gasteiger partial charge in [-0.2, -0.15) is 5.26 Å². The van der Waals surface area contributed by atoms with Crippen LogP contribution < -0.4 is 0 Å². The molecule has 0 saturated heterocycles. The summed E-state index contributed by atoms with van der Waals surface area (Å²) in [7, 11) is -3.65. The van der Waals surface area contributed by atoms with Crippen molar-refractivity contribution in [1.82, 2.24) is 0 Å². The second-order valence-electron chi connectivity index (χ2n) is 4.27. The molecule has 2 rings (SSSR count). The minimum atomic E-state index is -3.65. The van der Waals surface area contributed by atoms with Crippen molar-refractivity contribution in [2.45, 2.75) is 16.6 Å². The van der Waals surface area contributed by atoms with Gasteiger partial charge >= 0.3 is 0 Å². The Balaban J connectivity index is 2.35. The highest BCUT2D eigenvalue weighted by atomic mass is 79.9. The summed E-state index contributed by atoms with van der Waals surface area (Å²) < 4.78 is 25.7. The number of hydrogen-bond acceptors (Lipinski definition) is 3. The number of benzene rings is 2. The lowest BCUT2D eigenvalue weighted by atomic mass is 10.1. The first-order chi connectivity index (χ1) is 9.55. The number of sulfone groups is 1. The first-order valence-electron chi connectivity index (χ1n) is 5.97. The number of nitriles is 1. The molecule has 2 aromatic carbocycles. The third kappa shape index (κ3) is 3.09. The molecule has 20 heavy (non-hydrogen) atoms. The third-order valence-electron chi connectivity index (χ3n) is 2.95. The maximum Gasteiger partial charge on any atom is 0.194 e. The summed E-state index contributed by atoms with van der Waals surface area (Å²) in [6, 6.07) is 17.3. The second kappa shape index (κ2) is 6.21. The van der Waals surface area contributed by atoms with E-state index in [9.17, 15) is 13.7 Å². The molecule has 0 N–H and O–H groups in total. The summed E-state index contributed by atoms with van der Waals surface area (Å²) in [5, 5.41) is 8.14. The smallest absolute Gasteiger partial charge is 0.194 e. The van der Waals surface area contributed by atoms with Crippen molar-refractivity contribution in [3.05, 3.63) is 64.6 Å². The van der Waals surface area contributed by atoms with Gasteiger partial charge in [-0.1, -0.05) is 52.3 Å². The fraction of sp³-hybridized carbons (Fsp3) is 0.133. The molecule has 0 aliphatic carbocycles. The standard InChI is InChI=1S/C15H12BrNO2S/c16-15-9-5-4-6-12(15)10-14(11-17)20(18,19)13-7-2-1-3-8-13/h1-9,14H,10H2. The summed E-state index contributed by atoms with van der Waals surface area (Å²) in [5.74, 6) is 0. The SMILES string of the molecule is N#CC(Cc1ccccc1Br)S(=O)(=O)c1ccccc1. The molecular formula is C15H12BrNO2S. The Morgan fingerprint density at radius 3 is 2.25 bits per heavy atom. The average Bonchev–Trinajstić information content (AvgIpc) is 2.47. The molecule has 102 valence electrons. The largest absolute Gasteiger partial charge is 0.222 e. The first kappa shape index (κ1) is 14.8. The van der Waals surface area contributed by atoms with Crippen molar-refractivity contribution >= 4 is 25.8 Å². The molecule has 1 atom stereocenters. The molecule has 0 heterocycles. The van der Waals surface area contributed by atoms with Crippen LogP contribution in [-0.2, 0) is 16.3 Å². The molecule has 1 unspecified atom stereocenters. The lowest BCUT2D eigenvalue weighted by Crippen LogP contribution is -2.22. The maximum absolute atomic E-state index is 12.4. The monoisotopic (exact) mass is 349 g/mol. The Hall–Kier alpha value is -1.64. The van der Waals surface area contributed by atoms with Gasteiger partial charge in [0, 0.05) is 10.9 Å². The highest BCUT2D eigenvalue weighted by Gasteiger charge is 2.27. The van der Waals surface area contributed by atoms with Gasteiger partial charge in [0.1, 0.15) is 0 Å². The van der Waals surface area contributed by atoms with E-state index >= 15 is 0 Å². The third-order valence-corrected chi connectivity index (χ3v) is 5.68. The average molecular weight is 350 g/mol. The Morgan fingerprint density at radius 2 is 1.65 bits per heavy atom. The maximum atomic E-state index is 12.4. The van der Waals surface area contributed by atoms with Crippen LogP contribution in [-0.4, -0.2) is 13.7 Å². The number of nitrogens with zero attached hydrogens (tertiary/aromatic N) is 1. The van der Waals surface area contributed by atoms with Crippen LogP contribution in [0.1, 0.15) is 5.56 Å². The molecule has 0 aromatic heterocycles. The van der Waals surface area contributed by atoms with Crippen molar-refractivity contribution in [2.24, 2.45) is 0 Å². The van der Waals surface area contributed by atoms with Crippen molar-refractivity contribution in [3.8, 4) is 6.07 Å². The quantitative estimate of drug-likeness (QED) is 0.850. The van der Waals surface area contributed by atoms with Crippen LogP contribution in [0, 0.1) is 11.3 Å². The van der Waals surface area contributed by atoms with Gasteiger partial charge in [0.15, 0.2) is 15.1 Å². The molecule has 0 aliphatic heterocycles. The highest BCUT2D eigenvalue weighted by molar-refractivity contribution is 9.10. The minimum absolute atomic E-state index is 0.162. The Kier molecular flexibility index (Phi) is 4.58. The highest BCUT2D eigenvalue weighted by Crippen LogP contribution is 2.23. The molecule has 0 spiro atoms. The lowest BCUT2D eigenvalue weighted by molar-refractivity contribution is 0.588. The zero-order valence-corrected chi connectivity index (χ0v) is 12.9. The van der Waals surface area contributed by atoms with Crippen LogP contribution in [0.25, 0.3) is 0 Å². The second-order valence-corrected chi connectivity index (χ2v) is 7.26. The van der Waals surface area contributed by atoms with E-state index in [1.54, 1.807) is 18.2 Å². The molecule has 0 bridgehead atoms. The molecule has 0 radical (unpaired) electrons. The number of rotatable bonds is 4. The van der Waals surface area contributed by atoms with Gasteiger partial charge in [-0.15, -0.1) is 0 Å². The van der Waals surface area contributed by atoms with Gasteiger partial charge in [0.2, 0.25) is 0 Å². The lowest BCUT2D eigenvalue weighted by Gasteiger charge is -2.12. The topological polar surface area (TPSA) is 57.9 Å². The van der Waals surface area contributed by atoms with Crippen LogP contribution in [0.4, 0.5) is 0 Å². The summed E-state index contributed by atoms with van der Waals surface area (Å²) >= 11 is 3.37.